The standard InChI is InChI=1S/C14H11Cl2NO3S/c1-9-8-12(6-7-13(9)21(16,19)20)17-14(18)10-2-4-11(15)5-3-10/h2-8H,1H3,(H,17,18). The molecule has 0 saturated heterocycles. The zero-order chi connectivity index (χ0) is 15.6. The van der Waals surface area contributed by atoms with Crippen molar-refractivity contribution in [2.75, 3.05) is 5.32 Å². The topological polar surface area (TPSA) is 63.2 Å². The smallest absolute Gasteiger partial charge is 0.261 e. The number of carbonyl (C=O) groups excluding carboxylic acids is 1. The Morgan fingerprint density at radius 3 is 2.24 bits per heavy atom. The molecule has 0 heterocycles. The van der Waals surface area contributed by atoms with Crippen LogP contribution >= 0.6 is 22.3 Å². The molecule has 1 amide bonds. The van der Waals surface area contributed by atoms with Gasteiger partial charge in [0.15, 0.2) is 0 Å². The average Bonchev–Trinajstić information content (AvgIpc) is 2.37. The third-order valence-electron chi connectivity index (χ3n) is 2.80. The quantitative estimate of drug-likeness (QED) is 0.861. The average molecular weight is 344 g/mol. The normalized spacial score (nSPS) is 11.2. The van der Waals surface area contributed by atoms with Crippen LogP contribution in [0.15, 0.2) is 47.4 Å². The molecular weight excluding hydrogens is 333 g/mol. The fourth-order valence-corrected chi connectivity index (χ4v) is 3.12. The lowest BCUT2D eigenvalue weighted by atomic mass is 10.2. The van der Waals surface area contributed by atoms with Gasteiger partial charge in [-0.3, -0.25) is 4.79 Å². The van der Waals surface area contributed by atoms with E-state index in [0.29, 0.717) is 21.8 Å². The van der Waals surface area contributed by atoms with Crippen LogP contribution in [0.3, 0.4) is 0 Å². The van der Waals surface area contributed by atoms with E-state index in [0.717, 1.165) is 0 Å². The van der Waals surface area contributed by atoms with E-state index in [2.05, 4.69) is 5.32 Å². The van der Waals surface area contributed by atoms with Crippen LogP contribution in [0.2, 0.25) is 5.02 Å². The first-order chi connectivity index (χ1) is 9.77. The lowest BCUT2D eigenvalue weighted by Gasteiger charge is -2.08. The number of hydrogen-bond donors (Lipinski definition) is 1. The van der Waals surface area contributed by atoms with Gasteiger partial charge in [-0.05, 0) is 55.0 Å². The van der Waals surface area contributed by atoms with E-state index in [1.165, 1.54) is 12.1 Å². The molecule has 2 aromatic rings. The van der Waals surface area contributed by atoms with Crippen LogP contribution in [-0.2, 0) is 9.05 Å². The second-order valence-electron chi connectivity index (χ2n) is 4.38. The number of halogens is 2. The first kappa shape index (κ1) is 15.8. The highest BCUT2D eigenvalue weighted by Crippen LogP contribution is 2.23. The zero-order valence-corrected chi connectivity index (χ0v) is 13.3. The third-order valence-corrected chi connectivity index (χ3v) is 4.54. The number of rotatable bonds is 3. The Morgan fingerprint density at radius 1 is 1.10 bits per heavy atom. The van der Waals surface area contributed by atoms with Crippen LogP contribution in [0.4, 0.5) is 5.69 Å². The minimum atomic E-state index is -3.79. The van der Waals surface area contributed by atoms with Crippen LogP contribution in [-0.4, -0.2) is 14.3 Å². The van der Waals surface area contributed by atoms with Crippen molar-refractivity contribution in [3.05, 3.63) is 58.6 Å². The minimum Gasteiger partial charge on any atom is -0.322 e. The molecule has 21 heavy (non-hydrogen) atoms. The summed E-state index contributed by atoms with van der Waals surface area (Å²) in [6.07, 6.45) is 0. The Balaban J connectivity index is 2.22. The van der Waals surface area contributed by atoms with E-state index >= 15 is 0 Å². The number of nitrogens with one attached hydrogen (secondary N) is 1. The number of hydrogen-bond acceptors (Lipinski definition) is 3. The lowest BCUT2D eigenvalue weighted by molar-refractivity contribution is 0.102. The van der Waals surface area contributed by atoms with E-state index in [1.807, 2.05) is 0 Å². The zero-order valence-electron chi connectivity index (χ0n) is 10.9. The van der Waals surface area contributed by atoms with Gasteiger partial charge in [-0.2, -0.15) is 0 Å². The molecular formula is C14H11Cl2NO3S. The van der Waals surface area contributed by atoms with E-state index < -0.39 is 9.05 Å². The van der Waals surface area contributed by atoms with Crippen molar-refractivity contribution in [3.63, 3.8) is 0 Å². The van der Waals surface area contributed by atoms with Crippen LogP contribution in [0, 0.1) is 6.92 Å². The predicted octanol–water partition coefficient (Wildman–Crippen LogP) is 3.83. The van der Waals surface area contributed by atoms with E-state index in [9.17, 15) is 13.2 Å². The summed E-state index contributed by atoms with van der Waals surface area (Å²) in [6, 6.07) is 10.8. The number of amides is 1. The molecule has 0 unspecified atom stereocenters. The Labute approximate surface area is 132 Å². The van der Waals surface area contributed by atoms with Gasteiger partial charge in [0.1, 0.15) is 0 Å². The summed E-state index contributed by atoms with van der Waals surface area (Å²) >= 11 is 5.76. The maximum absolute atomic E-state index is 12.0. The number of benzene rings is 2. The lowest BCUT2D eigenvalue weighted by Crippen LogP contribution is -2.12. The van der Waals surface area contributed by atoms with Crippen molar-refractivity contribution in [3.8, 4) is 0 Å². The highest BCUT2D eigenvalue weighted by atomic mass is 35.7. The van der Waals surface area contributed by atoms with Gasteiger partial charge < -0.3 is 5.32 Å². The van der Waals surface area contributed by atoms with E-state index in [1.54, 1.807) is 37.3 Å². The molecule has 4 nitrogen and oxygen atoms in total. The van der Waals surface area contributed by atoms with E-state index in [4.69, 9.17) is 22.3 Å². The highest BCUT2D eigenvalue weighted by Gasteiger charge is 2.14. The summed E-state index contributed by atoms with van der Waals surface area (Å²) < 4.78 is 22.6. The van der Waals surface area contributed by atoms with Crippen LogP contribution in [0.25, 0.3) is 0 Å². The van der Waals surface area contributed by atoms with Crippen LogP contribution < -0.4 is 5.32 Å². The Hall–Kier alpha value is -1.56. The van der Waals surface area contributed by atoms with Gasteiger partial charge in [-0.1, -0.05) is 11.6 Å². The molecule has 110 valence electrons. The van der Waals surface area contributed by atoms with Gasteiger partial charge in [0.2, 0.25) is 0 Å². The summed E-state index contributed by atoms with van der Waals surface area (Å²) in [5.41, 5.74) is 1.39. The maximum Gasteiger partial charge on any atom is 0.261 e. The molecule has 1 N–H and O–H groups in total. The molecule has 0 spiro atoms. The molecule has 0 bridgehead atoms. The summed E-state index contributed by atoms with van der Waals surface area (Å²) in [4.78, 5) is 12.0. The molecule has 0 saturated carbocycles. The highest BCUT2D eigenvalue weighted by molar-refractivity contribution is 8.13. The second-order valence-corrected chi connectivity index (χ2v) is 7.35. The molecule has 7 heteroatoms. The van der Waals surface area contributed by atoms with E-state index in [-0.39, 0.29) is 10.8 Å². The molecule has 2 rings (SSSR count). The minimum absolute atomic E-state index is 0.0219. The molecule has 0 aliphatic rings. The van der Waals surface area contributed by atoms with Crippen LogP contribution in [0.5, 0.6) is 0 Å². The summed E-state index contributed by atoms with van der Waals surface area (Å²) in [7, 11) is 1.51. The van der Waals surface area contributed by atoms with Crippen molar-refractivity contribution in [1.29, 1.82) is 0 Å². The van der Waals surface area contributed by atoms with Gasteiger partial charge in [-0.15, -0.1) is 0 Å². The number of anilines is 1. The predicted molar refractivity (Wildman–Crippen MR) is 83.6 cm³/mol. The van der Waals surface area contributed by atoms with Crippen molar-refractivity contribution in [2.45, 2.75) is 11.8 Å². The van der Waals surface area contributed by atoms with Crippen molar-refractivity contribution < 1.29 is 13.2 Å². The summed E-state index contributed by atoms with van der Waals surface area (Å²) in [5.74, 6) is -0.312. The Bertz CT molecular complexity index is 786. The van der Waals surface area contributed by atoms with Crippen LogP contribution in [0.1, 0.15) is 15.9 Å². The summed E-state index contributed by atoms with van der Waals surface area (Å²) in [5, 5.41) is 3.22. The number of carbonyl (C=O) groups is 1. The fraction of sp³-hybridized carbons (Fsp3) is 0.0714. The molecule has 0 fully saturated rings. The second kappa shape index (κ2) is 6.05. The molecule has 0 atom stereocenters. The first-order valence-electron chi connectivity index (χ1n) is 5.89. The molecule has 0 aromatic heterocycles. The van der Waals surface area contributed by atoms with Gasteiger partial charge in [0.05, 0.1) is 4.90 Å². The Kier molecular flexibility index (Phi) is 4.56. The van der Waals surface area contributed by atoms with Crippen molar-refractivity contribution in [1.82, 2.24) is 0 Å². The third kappa shape index (κ3) is 3.97. The van der Waals surface area contributed by atoms with Crippen molar-refractivity contribution in [2.24, 2.45) is 0 Å². The SMILES string of the molecule is Cc1cc(NC(=O)c2ccc(Cl)cc2)ccc1S(=O)(=O)Cl. The number of aryl methyl sites for hydroxylation is 1. The fourth-order valence-electron chi connectivity index (χ4n) is 1.81. The molecule has 2 aromatic carbocycles. The Morgan fingerprint density at radius 2 is 1.71 bits per heavy atom. The summed E-state index contributed by atoms with van der Waals surface area (Å²) in [6.45, 7) is 1.60. The van der Waals surface area contributed by atoms with Crippen molar-refractivity contribution >= 4 is 42.9 Å². The molecule has 0 aliphatic heterocycles. The van der Waals surface area contributed by atoms with Gasteiger partial charge in [0.25, 0.3) is 15.0 Å². The van der Waals surface area contributed by atoms with Gasteiger partial charge in [-0.25, -0.2) is 8.42 Å². The maximum atomic E-state index is 12.0. The monoisotopic (exact) mass is 343 g/mol. The van der Waals surface area contributed by atoms with Gasteiger partial charge in [0, 0.05) is 27.0 Å². The molecule has 0 aliphatic carbocycles. The van der Waals surface area contributed by atoms with Gasteiger partial charge >= 0.3 is 0 Å². The largest absolute Gasteiger partial charge is 0.322 e. The molecule has 0 radical (unpaired) electrons. The first-order valence-corrected chi connectivity index (χ1v) is 8.58.